The smallest absolute Gasteiger partial charge is 0.261 e. The molecule has 142 valence electrons. The summed E-state index contributed by atoms with van der Waals surface area (Å²) < 4.78 is 0. The zero-order valence-corrected chi connectivity index (χ0v) is 16.2. The van der Waals surface area contributed by atoms with Crippen LogP contribution in [0.4, 0.5) is 0 Å². The standard InChI is InChI=1S/C22H24N2O2.ClH/c25-21-18-5-1-3-17-4-2-6-19(20(17)18)22(26)24(21)12-11-23-13-15-7-8-16(14-23)10-9-15;/h1-6,15-16H,7-14H2;1H. The van der Waals surface area contributed by atoms with Crippen LogP contribution in [0.1, 0.15) is 46.4 Å². The predicted molar refractivity (Wildman–Crippen MR) is 108 cm³/mol. The number of rotatable bonds is 3. The minimum atomic E-state index is -0.142. The largest absolute Gasteiger partial charge is 0.301 e. The molecule has 4 nitrogen and oxygen atoms in total. The lowest BCUT2D eigenvalue weighted by Crippen LogP contribution is -2.45. The van der Waals surface area contributed by atoms with Crippen molar-refractivity contribution in [1.82, 2.24) is 9.80 Å². The van der Waals surface area contributed by atoms with Crippen LogP contribution in [0.25, 0.3) is 10.8 Å². The van der Waals surface area contributed by atoms with Gasteiger partial charge in [0, 0.05) is 42.7 Å². The Labute approximate surface area is 165 Å². The van der Waals surface area contributed by atoms with Crippen molar-refractivity contribution in [2.75, 3.05) is 26.2 Å². The molecule has 0 N–H and O–H groups in total. The summed E-state index contributed by atoms with van der Waals surface area (Å²) in [7, 11) is 0. The van der Waals surface area contributed by atoms with Crippen molar-refractivity contribution in [2.45, 2.75) is 25.7 Å². The normalized spacial score (nSPS) is 24.8. The van der Waals surface area contributed by atoms with Crippen LogP contribution in [0.15, 0.2) is 36.4 Å². The first-order chi connectivity index (χ1) is 12.7. The quantitative estimate of drug-likeness (QED) is 0.751. The van der Waals surface area contributed by atoms with E-state index in [9.17, 15) is 9.59 Å². The number of hydrogen-bond acceptors (Lipinski definition) is 3. The van der Waals surface area contributed by atoms with Crippen LogP contribution in [0, 0.1) is 11.8 Å². The second-order valence-corrected chi connectivity index (χ2v) is 8.12. The lowest BCUT2D eigenvalue weighted by atomic mass is 9.84. The fourth-order valence-corrected chi connectivity index (χ4v) is 5.11. The van der Waals surface area contributed by atoms with E-state index in [1.54, 1.807) is 0 Å². The Morgan fingerprint density at radius 3 is 1.81 bits per heavy atom. The number of carbonyl (C=O) groups excluding carboxylic acids is 2. The maximum absolute atomic E-state index is 13.0. The molecule has 1 aliphatic carbocycles. The van der Waals surface area contributed by atoms with Gasteiger partial charge in [-0.1, -0.05) is 24.3 Å². The van der Waals surface area contributed by atoms with Crippen LogP contribution >= 0.6 is 12.4 Å². The number of nitrogens with zero attached hydrogens (tertiary/aromatic N) is 2. The Kier molecular flexibility index (Phi) is 4.95. The zero-order valence-electron chi connectivity index (χ0n) is 15.4. The lowest BCUT2D eigenvalue weighted by molar-refractivity contribution is 0.0590. The fourth-order valence-electron chi connectivity index (χ4n) is 5.11. The SMILES string of the molecule is Cl.O=C1c2cccc3cccc(c23)C(=O)N1CCN1CC2CCC(CC2)C1. The second kappa shape index (κ2) is 7.25. The van der Waals surface area contributed by atoms with E-state index in [4.69, 9.17) is 0 Å². The maximum Gasteiger partial charge on any atom is 0.261 e. The van der Waals surface area contributed by atoms with Crippen LogP contribution in [-0.2, 0) is 0 Å². The molecule has 2 bridgehead atoms. The molecule has 1 saturated carbocycles. The molecule has 2 amide bonds. The maximum atomic E-state index is 13.0. The van der Waals surface area contributed by atoms with Crippen LogP contribution < -0.4 is 0 Å². The molecule has 2 aromatic rings. The summed E-state index contributed by atoms with van der Waals surface area (Å²) in [5.41, 5.74) is 1.32. The molecule has 5 heteroatoms. The summed E-state index contributed by atoms with van der Waals surface area (Å²) >= 11 is 0. The van der Waals surface area contributed by atoms with Crippen LogP contribution in [0.2, 0.25) is 0 Å². The van der Waals surface area contributed by atoms with Gasteiger partial charge in [0.2, 0.25) is 0 Å². The van der Waals surface area contributed by atoms with Crippen molar-refractivity contribution in [3.05, 3.63) is 47.5 Å². The summed E-state index contributed by atoms with van der Waals surface area (Å²) in [5, 5.41) is 1.78. The third-order valence-corrected chi connectivity index (χ3v) is 6.49. The molecular formula is C22H25ClN2O2. The molecule has 6 rings (SSSR count). The minimum Gasteiger partial charge on any atom is -0.301 e. The number of fused-ring (bicyclic) bond motifs is 4. The van der Waals surface area contributed by atoms with E-state index >= 15 is 0 Å². The van der Waals surface area contributed by atoms with Gasteiger partial charge in [0.05, 0.1) is 0 Å². The Morgan fingerprint density at radius 1 is 0.778 bits per heavy atom. The number of amides is 2. The average Bonchev–Trinajstić information content (AvgIpc) is 2.99. The predicted octanol–water partition coefficient (Wildman–Crippen LogP) is 3.98. The van der Waals surface area contributed by atoms with Gasteiger partial charge in [-0.05, 0) is 55.0 Å². The molecule has 3 heterocycles. The number of hydrogen-bond donors (Lipinski definition) is 0. The Balaban J connectivity index is 0.00000180. The Bertz CT molecular complexity index is 824. The van der Waals surface area contributed by atoms with Crippen molar-refractivity contribution < 1.29 is 9.59 Å². The van der Waals surface area contributed by atoms with E-state index in [0.29, 0.717) is 17.7 Å². The van der Waals surface area contributed by atoms with Crippen LogP contribution in [-0.4, -0.2) is 47.8 Å². The van der Waals surface area contributed by atoms with Crippen molar-refractivity contribution in [1.29, 1.82) is 0 Å². The third-order valence-electron chi connectivity index (χ3n) is 6.49. The molecule has 0 aromatic heterocycles. The summed E-state index contributed by atoms with van der Waals surface area (Å²) in [6.45, 7) is 3.53. The van der Waals surface area contributed by atoms with Gasteiger partial charge < -0.3 is 4.90 Å². The summed E-state index contributed by atoms with van der Waals surface area (Å²) in [5.74, 6) is 1.32. The van der Waals surface area contributed by atoms with Crippen LogP contribution in [0.5, 0.6) is 0 Å². The van der Waals surface area contributed by atoms with E-state index in [-0.39, 0.29) is 24.2 Å². The van der Waals surface area contributed by atoms with E-state index in [2.05, 4.69) is 4.90 Å². The topological polar surface area (TPSA) is 40.6 Å². The molecule has 3 fully saturated rings. The average molecular weight is 385 g/mol. The third kappa shape index (κ3) is 3.15. The van der Waals surface area contributed by atoms with Crippen molar-refractivity contribution in [3.8, 4) is 0 Å². The van der Waals surface area contributed by atoms with Gasteiger partial charge in [0.15, 0.2) is 0 Å². The molecule has 4 aliphatic rings. The molecule has 3 aliphatic heterocycles. The molecular weight excluding hydrogens is 360 g/mol. The van der Waals surface area contributed by atoms with Gasteiger partial charge in [-0.3, -0.25) is 14.5 Å². The second-order valence-electron chi connectivity index (χ2n) is 8.12. The van der Waals surface area contributed by atoms with E-state index in [0.717, 1.165) is 42.2 Å². The molecule has 2 saturated heterocycles. The molecule has 2 aromatic carbocycles. The van der Waals surface area contributed by atoms with Gasteiger partial charge in [-0.15, -0.1) is 12.4 Å². The summed E-state index contributed by atoms with van der Waals surface area (Å²) in [4.78, 5) is 29.9. The molecule has 0 atom stereocenters. The number of benzene rings is 2. The van der Waals surface area contributed by atoms with Crippen molar-refractivity contribution in [3.63, 3.8) is 0 Å². The van der Waals surface area contributed by atoms with Crippen molar-refractivity contribution in [2.24, 2.45) is 11.8 Å². The number of imide groups is 1. The number of halogens is 1. The van der Waals surface area contributed by atoms with Gasteiger partial charge >= 0.3 is 0 Å². The monoisotopic (exact) mass is 384 g/mol. The Morgan fingerprint density at radius 2 is 1.30 bits per heavy atom. The minimum absolute atomic E-state index is 0. The van der Waals surface area contributed by atoms with E-state index in [1.807, 2.05) is 36.4 Å². The highest BCUT2D eigenvalue weighted by molar-refractivity contribution is 6.25. The van der Waals surface area contributed by atoms with Gasteiger partial charge in [0.25, 0.3) is 11.8 Å². The van der Waals surface area contributed by atoms with Gasteiger partial charge in [-0.25, -0.2) is 0 Å². The first kappa shape index (κ1) is 18.5. The molecule has 27 heavy (non-hydrogen) atoms. The molecule has 0 unspecified atom stereocenters. The van der Waals surface area contributed by atoms with E-state index in [1.165, 1.54) is 30.6 Å². The molecule has 0 radical (unpaired) electrons. The highest BCUT2D eigenvalue weighted by Gasteiger charge is 2.34. The van der Waals surface area contributed by atoms with Crippen molar-refractivity contribution >= 4 is 35.0 Å². The zero-order chi connectivity index (χ0) is 17.7. The van der Waals surface area contributed by atoms with E-state index < -0.39 is 0 Å². The van der Waals surface area contributed by atoms with Gasteiger partial charge in [0.1, 0.15) is 0 Å². The fraction of sp³-hybridized carbons (Fsp3) is 0.455. The first-order valence-corrected chi connectivity index (χ1v) is 9.81. The highest BCUT2D eigenvalue weighted by Crippen LogP contribution is 2.34. The Hall–Kier alpha value is -1.91. The lowest BCUT2D eigenvalue weighted by Gasteiger charge is -2.30. The highest BCUT2D eigenvalue weighted by atomic mass is 35.5. The van der Waals surface area contributed by atoms with Gasteiger partial charge in [-0.2, -0.15) is 0 Å². The molecule has 0 spiro atoms. The van der Waals surface area contributed by atoms with Crippen LogP contribution in [0.3, 0.4) is 0 Å². The summed E-state index contributed by atoms with van der Waals surface area (Å²) in [6.07, 6.45) is 5.38. The first-order valence-electron chi connectivity index (χ1n) is 9.81. The summed E-state index contributed by atoms with van der Waals surface area (Å²) in [6, 6.07) is 11.4. The number of carbonyl (C=O) groups is 2.